The van der Waals surface area contributed by atoms with E-state index >= 15 is 0 Å². The van der Waals surface area contributed by atoms with E-state index < -0.39 is 0 Å². The third kappa shape index (κ3) is 10.7. The van der Waals surface area contributed by atoms with Gasteiger partial charge in [-0.3, -0.25) is 0 Å². The van der Waals surface area contributed by atoms with Crippen LogP contribution in [0.2, 0.25) is 0 Å². The van der Waals surface area contributed by atoms with Crippen molar-refractivity contribution in [3.63, 3.8) is 0 Å². The molecule has 16 aromatic rings. The zero-order chi connectivity index (χ0) is 69.8. The van der Waals surface area contributed by atoms with Gasteiger partial charge >= 0.3 is 0 Å². The molecule has 0 fully saturated rings. The van der Waals surface area contributed by atoms with Gasteiger partial charge in [0.1, 0.15) is 29.0 Å². The van der Waals surface area contributed by atoms with Gasteiger partial charge in [0.25, 0.3) is 0 Å². The van der Waals surface area contributed by atoms with Crippen molar-refractivity contribution in [2.45, 2.75) is 30.3 Å². The summed E-state index contributed by atoms with van der Waals surface area (Å²) >= 11 is 0. The predicted molar refractivity (Wildman–Crippen MR) is 432 cm³/mol. The van der Waals surface area contributed by atoms with E-state index in [4.69, 9.17) is 34.1 Å². The van der Waals surface area contributed by atoms with Gasteiger partial charge in [-0.05, 0) is 155 Å². The van der Waals surface area contributed by atoms with Crippen LogP contribution in [0.25, 0.3) is 144 Å². The zero-order valence-corrected chi connectivity index (χ0v) is 57.6. The predicted octanol–water partition coefficient (Wildman–Crippen LogP) is 24.7. The van der Waals surface area contributed by atoms with Crippen LogP contribution in [-0.4, -0.2) is 24.9 Å². The molecule has 4 heterocycles. The van der Waals surface area contributed by atoms with Gasteiger partial charge in [-0.2, -0.15) is 0 Å². The highest BCUT2D eigenvalue weighted by Crippen LogP contribution is 2.57. The summed E-state index contributed by atoms with van der Waals surface area (Å²) in [5, 5.41) is 6.88. The summed E-state index contributed by atoms with van der Waals surface area (Å²) in [7, 11) is 0. The first-order valence-corrected chi connectivity index (χ1v) is 36.6. The monoisotopic (exact) mass is 1360 g/mol. The summed E-state index contributed by atoms with van der Waals surface area (Å²) in [6, 6.07) is 106. The highest BCUT2D eigenvalue weighted by Gasteiger charge is 2.43. The number of aromatic nitrogens is 5. The van der Waals surface area contributed by atoms with Crippen LogP contribution < -0.4 is 4.74 Å². The average Bonchev–Trinajstić information content (AvgIpc) is 1.55. The van der Waals surface area contributed by atoms with Gasteiger partial charge in [0, 0.05) is 67.5 Å². The van der Waals surface area contributed by atoms with Crippen LogP contribution in [0.4, 0.5) is 0 Å². The molecule has 5 atom stereocenters. The minimum absolute atomic E-state index is 0.0704. The first-order valence-electron chi connectivity index (χ1n) is 36.6. The number of rotatable bonds is 11. The molecule has 0 spiro atoms. The van der Waals surface area contributed by atoms with Gasteiger partial charge in [-0.1, -0.05) is 297 Å². The highest BCUT2D eigenvalue weighted by molar-refractivity contribution is 6.02. The van der Waals surface area contributed by atoms with E-state index in [1.165, 1.54) is 32.7 Å². The van der Waals surface area contributed by atoms with E-state index in [2.05, 4.69) is 346 Å². The van der Waals surface area contributed by atoms with E-state index in [0.717, 1.165) is 151 Å². The Morgan fingerprint density at radius 2 is 1.02 bits per heavy atom. The van der Waals surface area contributed by atoms with Crippen LogP contribution in [0.3, 0.4) is 0 Å². The topological polar surface area (TPSA) is 86.8 Å². The number of allylic oxidation sites excluding steroid dienone is 9. The minimum atomic E-state index is -0.260. The standard InChI is InChI=1S/C99H65N5O2/c1-3-17-60(18-4-1)61-37-43-68(44-38-61)96-102-97(104-99(103-96)87-59-76-23-9-12-29-82(76)95-92(87)85-57-77(50-52-90(85)106-95)80-31-16-24-66-19-7-10-27-79(66)80)69-45-39-62(40-46-69)70-25-15-26-71(53-70)73-48-42-65-41-47-72(54-78(65)55-73)63-33-35-64(36-34-63)74-49-51-89-84(56-74)91-86(58-75-22-8-11-28-81(75)94(91)105-89)98-100-88-32-14-13-30-83(88)93(101-98)67-20-5-2-6-21-67/h1-45,47-59,69,75,81,92,95H,46H2. The Kier molecular flexibility index (Phi) is 14.5. The summed E-state index contributed by atoms with van der Waals surface area (Å²) in [4.78, 5) is 27.0. The molecule has 4 aliphatic carbocycles. The maximum atomic E-state index is 7.04. The summed E-state index contributed by atoms with van der Waals surface area (Å²) in [5.41, 5.74) is 24.9. The number of ether oxygens (including phenoxy) is 1. The molecular weight excluding hydrogens is 1290 g/mol. The van der Waals surface area contributed by atoms with Crippen molar-refractivity contribution in [1.29, 1.82) is 0 Å². The van der Waals surface area contributed by atoms with Crippen molar-refractivity contribution >= 4 is 66.2 Å². The third-order valence-electron chi connectivity index (χ3n) is 22.2. The number of hydrogen-bond donors (Lipinski definition) is 0. The lowest BCUT2D eigenvalue weighted by Gasteiger charge is -2.28. The van der Waals surface area contributed by atoms with Crippen LogP contribution in [0.5, 0.6) is 5.75 Å². The number of hydrogen-bond acceptors (Lipinski definition) is 7. The van der Waals surface area contributed by atoms with E-state index in [0.29, 0.717) is 17.5 Å². The molecule has 0 radical (unpaired) electrons. The van der Waals surface area contributed by atoms with Crippen LogP contribution in [0.15, 0.2) is 350 Å². The number of fused-ring (bicyclic) bond motifs is 13. The molecule has 0 amide bonds. The smallest absolute Gasteiger partial charge is 0.163 e. The third-order valence-corrected chi connectivity index (χ3v) is 22.2. The van der Waals surface area contributed by atoms with Gasteiger partial charge in [0.15, 0.2) is 17.5 Å². The second-order valence-electron chi connectivity index (χ2n) is 28.4. The van der Waals surface area contributed by atoms with E-state index in [-0.39, 0.29) is 29.8 Å². The molecule has 0 saturated carbocycles. The van der Waals surface area contributed by atoms with Crippen LogP contribution in [0, 0.1) is 5.92 Å². The van der Waals surface area contributed by atoms with Crippen molar-refractivity contribution in [2.24, 2.45) is 5.92 Å². The SMILES string of the molecule is C1=CC2C=C(c3nc(-c4ccccc4)c4ccccc4n3)c3c(oc4ccc(-c5ccc(-c6ccc7ccc(-c8cccc(C9=CCC(c%10nc(C%11=Cc%12ccccc%12C%12Oc%13ccc(-c%14cccc%15ccccc%14%15)cc%13C%11%12)nc(-c%11ccc(-c%12ccccc%12)cc%11)n%10)C=C9)c8)cc7c6)cc5)cc34)C2C=C1. The lowest BCUT2D eigenvalue weighted by Crippen LogP contribution is -2.19. The number of para-hydroxylation sites is 1. The Labute approximate surface area is 613 Å². The molecule has 13 aromatic carbocycles. The van der Waals surface area contributed by atoms with Gasteiger partial charge < -0.3 is 9.15 Å². The van der Waals surface area contributed by atoms with Crippen molar-refractivity contribution < 1.29 is 9.15 Å². The average molecular weight is 1360 g/mol. The van der Waals surface area contributed by atoms with Gasteiger partial charge in [0.2, 0.25) is 0 Å². The summed E-state index contributed by atoms with van der Waals surface area (Å²) < 4.78 is 13.9. The largest absolute Gasteiger partial charge is 0.484 e. The van der Waals surface area contributed by atoms with Gasteiger partial charge in [-0.25, -0.2) is 24.9 Å². The van der Waals surface area contributed by atoms with Crippen molar-refractivity contribution in [3.8, 4) is 84.0 Å². The minimum Gasteiger partial charge on any atom is -0.484 e. The molecule has 7 heteroatoms. The van der Waals surface area contributed by atoms with Crippen molar-refractivity contribution in [3.05, 3.63) is 397 Å². The molecule has 0 bridgehead atoms. The Morgan fingerprint density at radius 3 is 1.84 bits per heavy atom. The second-order valence-corrected chi connectivity index (χ2v) is 28.4. The Morgan fingerprint density at radius 1 is 0.387 bits per heavy atom. The second kappa shape index (κ2) is 25.2. The fourth-order valence-electron chi connectivity index (χ4n) is 16.8. The van der Waals surface area contributed by atoms with E-state index in [9.17, 15) is 0 Å². The molecule has 498 valence electrons. The molecule has 21 rings (SSSR count). The first-order chi connectivity index (χ1) is 52.5. The summed E-state index contributed by atoms with van der Waals surface area (Å²) in [6.45, 7) is 0. The quantitative estimate of drug-likeness (QED) is 0.127. The lowest BCUT2D eigenvalue weighted by molar-refractivity contribution is 0.226. The van der Waals surface area contributed by atoms with Gasteiger partial charge in [0.05, 0.1) is 17.1 Å². The Bertz CT molecular complexity index is 6470. The normalized spacial score (nSPS) is 17.4. The van der Waals surface area contributed by atoms with Crippen LogP contribution in [0.1, 0.15) is 81.3 Å². The first kappa shape index (κ1) is 61.2. The van der Waals surface area contributed by atoms with E-state index in [1.54, 1.807) is 0 Å². The molecule has 0 N–H and O–H groups in total. The fraction of sp³-hybridized carbons (Fsp3) is 0.0606. The molecule has 106 heavy (non-hydrogen) atoms. The number of benzene rings is 13. The van der Waals surface area contributed by atoms with Gasteiger partial charge in [-0.15, -0.1) is 0 Å². The Balaban J connectivity index is 0.572. The number of nitrogens with zero attached hydrogens (tertiary/aromatic N) is 5. The summed E-state index contributed by atoms with van der Waals surface area (Å²) in [6.07, 6.45) is 20.8. The number of furan rings is 1. The molecule has 0 saturated heterocycles. The van der Waals surface area contributed by atoms with E-state index in [1.807, 2.05) is 6.07 Å². The summed E-state index contributed by atoms with van der Waals surface area (Å²) in [5.74, 6) is 4.47. The van der Waals surface area contributed by atoms with Crippen molar-refractivity contribution in [2.75, 3.05) is 0 Å². The van der Waals surface area contributed by atoms with Crippen LogP contribution >= 0.6 is 0 Å². The Hall–Kier alpha value is -13.5. The molecule has 5 unspecified atom stereocenters. The molecule has 7 nitrogen and oxygen atoms in total. The maximum Gasteiger partial charge on any atom is 0.163 e. The maximum absolute atomic E-state index is 7.04. The molecule has 3 aromatic heterocycles. The fourth-order valence-corrected chi connectivity index (χ4v) is 16.8. The molecular formula is C99H65N5O2. The molecule has 1 aliphatic heterocycles. The van der Waals surface area contributed by atoms with Crippen LogP contribution in [-0.2, 0) is 0 Å². The zero-order valence-electron chi connectivity index (χ0n) is 57.6. The lowest BCUT2D eigenvalue weighted by atomic mass is 9.77. The highest BCUT2D eigenvalue weighted by atomic mass is 16.5. The molecule has 5 aliphatic rings. The van der Waals surface area contributed by atoms with Crippen molar-refractivity contribution in [1.82, 2.24) is 24.9 Å².